The molecule has 180 valence electrons. The van der Waals surface area contributed by atoms with E-state index in [1.807, 2.05) is 0 Å². The van der Waals surface area contributed by atoms with Gasteiger partial charge in [0.05, 0.1) is 0 Å². The molecule has 0 radical (unpaired) electrons. The predicted molar refractivity (Wildman–Crippen MR) is 133 cm³/mol. The fourth-order valence-corrected chi connectivity index (χ4v) is 22.2. The molecule has 3 aromatic carbocycles. The molecule has 0 aliphatic carbocycles. The van der Waals surface area contributed by atoms with Crippen LogP contribution in [-0.4, -0.2) is 0 Å². The molecule has 0 unspecified atom stereocenters. The second-order valence-corrected chi connectivity index (χ2v) is 18.8. The van der Waals surface area contributed by atoms with Gasteiger partial charge in [-0.2, -0.15) is 0 Å². The van der Waals surface area contributed by atoms with Crippen molar-refractivity contribution in [1.82, 2.24) is 14.6 Å². The first-order chi connectivity index (χ1) is 15.5. The summed E-state index contributed by atoms with van der Waals surface area (Å²) in [5.74, 6) is -0.653. The molecule has 0 atom stereocenters. The molecule has 0 aromatic heterocycles. The number of rotatable bonds is 6. The Balaban J connectivity index is 1.64. The Hall–Kier alpha value is -1.11. The van der Waals surface area contributed by atoms with Gasteiger partial charge < -0.3 is 0 Å². The average molecular weight is 581 g/mol. The van der Waals surface area contributed by atoms with Gasteiger partial charge in [-0.25, -0.2) is 0 Å². The standard InChI is InChI=1S/C18H18Cl3F3N3O3P3/c19-31(28-16-7-1-13(22)2-8-16)25-32(20,29-17-9-3-14(23)4-10-17)27-33(21,26-31)30-18-11-5-15(24)6-12-18/h1-12,25-27,31-33H. The third-order valence-corrected chi connectivity index (χ3v) is 19.2. The van der Waals surface area contributed by atoms with Gasteiger partial charge in [-0.05, 0) is 0 Å². The van der Waals surface area contributed by atoms with E-state index < -0.39 is 38.9 Å². The van der Waals surface area contributed by atoms with Gasteiger partial charge in [0.15, 0.2) is 0 Å². The minimum atomic E-state index is -3.75. The van der Waals surface area contributed by atoms with E-state index in [-0.39, 0.29) is 17.2 Å². The van der Waals surface area contributed by atoms with E-state index >= 15 is 0 Å². The van der Waals surface area contributed by atoms with Crippen LogP contribution in [0.4, 0.5) is 13.2 Å². The fourth-order valence-electron chi connectivity index (χ4n) is 2.86. The monoisotopic (exact) mass is 579 g/mol. The molecule has 6 nitrogen and oxygen atoms in total. The van der Waals surface area contributed by atoms with Gasteiger partial charge in [0.2, 0.25) is 0 Å². The van der Waals surface area contributed by atoms with E-state index in [1.165, 1.54) is 72.8 Å². The molecule has 3 aromatic rings. The maximum atomic E-state index is 13.3. The molecule has 1 fully saturated rings. The van der Waals surface area contributed by atoms with Gasteiger partial charge in [-0.15, -0.1) is 0 Å². The second kappa shape index (κ2) is 9.87. The van der Waals surface area contributed by atoms with Gasteiger partial charge in [-0.1, -0.05) is 0 Å². The van der Waals surface area contributed by atoms with Crippen LogP contribution in [-0.2, 0) is 0 Å². The molecule has 15 heteroatoms. The Morgan fingerprint density at radius 3 is 0.879 bits per heavy atom. The van der Waals surface area contributed by atoms with Crippen LogP contribution in [0.3, 0.4) is 0 Å². The summed E-state index contributed by atoms with van der Waals surface area (Å²) in [6, 6.07) is 15.5. The number of benzene rings is 3. The molecule has 1 aliphatic heterocycles. The van der Waals surface area contributed by atoms with Crippen molar-refractivity contribution in [2.24, 2.45) is 0 Å². The third-order valence-electron chi connectivity index (χ3n) is 4.18. The Morgan fingerprint density at radius 1 is 0.455 bits per heavy atom. The van der Waals surface area contributed by atoms with Crippen molar-refractivity contribution in [2.45, 2.75) is 0 Å². The van der Waals surface area contributed by atoms with Crippen molar-refractivity contribution < 1.29 is 26.7 Å². The molecule has 0 saturated carbocycles. The Morgan fingerprint density at radius 2 is 0.667 bits per heavy atom. The van der Waals surface area contributed by atoms with Crippen LogP contribution in [0.2, 0.25) is 0 Å². The zero-order chi connectivity index (χ0) is 23.7. The molecule has 3 N–H and O–H groups in total. The Kier molecular flexibility index (Phi) is 7.47. The Labute approximate surface area is 203 Å². The SMILES string of the molecule is Fc1ccc(O[PH]2(Cl)N[PH](Cl)(Oc3ccc(F)cc3)N[PH](Cl)(Oc3ccc(F)cc3)N2)cc1. The first kappa shape index (κ1) is 25.0. The second-order valence-electron chi connectivity index (χ2n) is 6.83. The van der Waals surface area contributed by atoms with Crippen LogP contribution in [0.25, 0.3) is 0 Å². The molecule has 33 heavy (non-hydrogen) atoms. The molecule has 4 rings (SSSR count). The summed E-state index contributed by atoms with van der Waals surface area (Å²) in [6.07, 6.45) is 0. The summed E-state index contributed by atoms with van der Waals surface area (Å²) < 4.78 is 57.6. The van der Waals surface area contributed by atoms with Crippen LogP contribution in [0.5, 0.6) is 17.2 Å². The summed E-state index contributed by atoms with van der Waals surface area (Å²) in [5.41, 5.74) is 0. The fraction of sp³-hybridized carbons (Fsp3) is 0. The molecular weight excluding hydrogens is 562 g/mol. The van der Waals surface area contributed by atoms with E-state index in [1.54, 1.807) is 0 Å². The van der Waals surface area contributed by atoms with Crippen molar-refractivity contribution in [2.75, 3.05) is 0 Å². The Bertz CT molecular complexity index is 971. The van der Waals surface area contributed by atoms with Crippen LogP contribution in [0, 0.1) is 17.5 Å². The van der Waals surface area contributed by atoms with Gasteiger partial charge in [0.1, 0.15) is 0 Å². The van der Waals surface area contributed by atoms with E-state index in [4.69, 9.17) is 47.3 Å². The van der Waals surface area contributed by atoms with Crippen molar-refractivity contribution in [3.8, 4) is 17.2 Å². The number of hydrogen-bond donors (Lipinski definition) is 3. The molecule has 0 amide bonds. The molecule has 0 bridgehead atoms. The first-order valence-electron chi connectivity index (χ1n) is 9.32. The number of halogens is 6. The summed E-state index contributed by atoms with van der Waals surface area (Å²) in [5, 5.41) is 0. The van der Waals surface area contributed by atoms with E-state index in [2.05, 4.69) is 14.6 Å². The maximum absolute atomic E-state index is 13.3. The summed E-state index contributed by atoms with van der Waals surface area (Å²) in [6.45, 7) is 0. The quantitative estimate of drug-likeness (QED) is 0.265. The molecule has 1 aliphatic rings. The van der Waals surface area contributed by atoms with Crippen LogP contribution in [0.1, 0.15) is 0 Å². The van der Waals surface area contributed by atoms with Gasteiger partial charge >= 0.3 is 204 Å². The summed E-state index contributed by atoms with van der Waals surface area (Å²) >= 11 is 20.3. The third kappa shape index (κ3) is 6.73. The van der Waals surface area contributed by atoms with Crippen molar-refractivity contribution in [1.29, 1.82) is 0 Å². The predicted octanol–water partition coefficient (Wildman–Crippen LogP) is 7.37. The first-order valence-corrected chi connectivity index (χ1v) is 18.1. The van der Waals surface area contributed by atoms with Gasteiger partial charge in [0, 0.05) is 0 Å². The summed E-state index contributed by atoms with van der Waals surface area (Å²) in [7, 11) is -11.2. The molecule has 1 heterocycles. The van der Waals surface area contributed by atoms with Crippen molar-refractivity contribution >= 4 is 55.2 Å². The van der Waals surface area contributed by atoms with Crippen LogP contribution < -0.4 is 28.1 Å². The van der Waals surface area contributed by atoms with Crippen LogP contribution >= 0.6 is 55.2 Å². The van der Waals surface area contributed by atoms with Gasteiger partial charge in [-0.3, -0.25) is 0 Å². The molecule has 1 saturated heterocycles. The normalized spacial score (nSPS) is 21.3. The van der Waals surface area contributed by atoms with E-state index in [0.29, 0.717) is 0 Å². The van der Waals surface area contributed by atoms with E-state index in [9.17, 15) is 13.2 Å². The van der Waals surface area contributed by atoms with Crippen molar-refractivity contribution in [3.63, 3.8) is 0 Å². The zero-order valence-electron chi connectivity index (χ0n) is 16.4. The van der Waals surface area contributed by atoms with Gasteiger partial charge in [0.25, 0.3) is 0 Å². The topological polar surface area (TPSA) is 63.8 Å². The number of nitrogens with one attached hydrogen (secondary N) is 3. The zero-order valence-corrected chi connectivity index (χ0v) is 21.7. The number of hydrogen-bond acceptors (Lipinski definition) is 6. The summed E-state index contributed by atoms with van der Waals surface area (Å²) in [4.78, 5) is 8.84. The minimum absolute atomic E-state index is 0.240. The molecular formula is C18H18Cl3F3N3O3P3. The van der Waals surface area contributed by atoms with Crippen molar-refractivity contribution in [3.05, 3.63) is 90.2 Å². The average Bonchev–Trinajstić information content (AvgIpc) is 2.72. The van der Waals surface area contributed by atoms with E-state index in [0.717, 1.165) is 0 Å². The van der Waals surface area contributed by atoms with Crippen LogP contribution in [0.15, 0.2) is 72.8 Å². The molecule has 0 spiro atoms.